The number of pyridine rings is 1. The number of hydrogen-bond acceptors (Lipinski definition) is 2. The molecule has 1 aromatic heterocycles. The molecule has 0 spiro atoms. The zero-order chi connectivity index (χ0) is 12.4. The van der Waals surface area contributed by atoms with E-state index in [0.29, 0.717) is 22.6 Å². The molecule has 1 fully saturated rings. The molecule has 4 heteroatoms. The number of amides is 1. The molecule has 0 aromatic carbocycles. The molecular weight excluding hydrogens is 236 g/mol. The lowest BCUT2D eigenvalue weighted by Gasteiger charge is -2.35. The fourth-order valence-corrected chi connectivity index (χ4v) is 2.63. The molecule has 1 saturated heterocycles. The Hall–Kier alpha value is -1.09. The summed E-state index contributed by atoms with van der Waals surface area (Å²) in [6, 6.07) is 3.40. The zero-order valence-corrected chi connectivity index (χ0v) is 10.9. The summed E-state index contributed by atoms with van der Waals surface area (Å²) in [5.74, 6) is 1.21. The van der Waals surface area contributed by atoms with Crippen LogP contribution in [-0.2, 0) is 0 Å². The van der Waals surface area contributed by atoms with E-state index in [1.807, 2.05) is 4.90 Å². The molecule has 3 nitrogen and oxygen atoms in total. The minimum Gasteiger partial charge on any atom is -0.338 e. The van der Waals surface area contributed by atoms with Gasteiger partial charge in [0, 0.05) is 19.3 Å². The second-order valence-corrected chi connectivity index (χ2v) is 5.41. The van der Waals surface area contributed by atoms with Gasteiger partial charge in [-0.05, 0) is 30.4 Å². The number of likely N-dealkylation sites (tertiary alicyclic amines) is 1. The van der Waals surface area contributed by atoms with E-state index >= 15 is 0 Å². The van der Waals surface area contributed by atoms with E-state index in [1.54, 1.807) is 18.3 Å². The number of hydrogen-bond donors (Lipinski definition) is 0. The van der Waals surface area contributed by atoms with Crippen LogP contribution in [0.4, 0.5) is 0 Å². The van der Waals surface area contributed by atoms with E-state index in [2.05, 4.69) is 18.8 Å². The number of rotatable bonds is 1. The van der Waals surface area contributed by atoms with Gasteiger partial charge >= 0.3 is 0 Å². The van der Waals surface area contributed by atoms with Crippen LogP contribution in [0.15, 0.2) is 18.3 Å². The summed E-state index contributed by atoms with van der Waals surface area (Å²) in [7, 11) is 0. The molecule has 1 aromatic rings. The van der Waals surface area contributed by atoms with Gasteiger partial charge in [0.1, 0.15) is 5.15 Å². The summed E-state index contributed by atoms with van der Waals surface area (Å²) in [5, 5.41) is 0.418. The van der Waals surface area contributed by atoms with E-state index in [0.717, 1.165) is 13.1 Å². The largest absolute Gasteiger partial charge is 0.338 e. The number of aromatic nitrogens is 1. The molecule has 2 rings (SSSR count). The van der Waals surface area contributed by atoms with Crippen molar-refractivity contribution in [2.24, 2.45) is 11.8 Å². The van der Waals surface area contributed by atoms with Gasteiger partial charge in [-0.1, -0.05) is 25.4 Å². The maximum atomic E-state index is 12.2. The normalized spacial score (nSPS) is 24.8. The summed E-state index contributed by atoms with van der Waals surface area (Å²) in [5.41, 5.74) is 0.621. The Morgan fingerprint density at radius 2 is 2.00 bits per heavy atom. The summed E-state index contributed by atoms with van der Waals surface area (Å²) >= 11 is 5.71. The topological polar surface area (TPSA) is 33.2 Å². The van der Waals surface area contributed by atoms with Crippen molar-refractivity contribution >= 4 is 17.5 Å². The summed E-state index contributed by atoms with van der Waals surface area (Å²) in [6.45, 7) is 6.06. The molecule has 1 aliphatic heterocycles. The first-order chi connectivity index (χ1) is 8.06. The number of nitrogens with zero attached hydrogens (tertiary/aromatic N) is 2. The van der Waals surface area contributed by atoms with Crippen LogP contribution in [-0.4, -0.2) is 28.9 Å². The quantitative estimate of drug-likeness (QED) is 0.720. The highest BCUT2D eigenvalue weighted by Crippen LogP contribution is 2.22. The van der Waals surface area contributed by atoms with Crippen LogP contribution >= 0.6 is 11.6 Å². The lowest BCUT2D eigenvalue weighted by atomic mass is 9.91. The van der Waals surface area contributed by atoms with Gasteiger partial charge in [-0.25, -0.2) is 4.98 Å². The van der Waals surface area contributed by atoms with Gasteiger partial charge in [-0.3, -0.25) is 4.79 Å². The van der Waals surface area contributed by atoms with Crippen LogP contribution in [0.3, 0.4) is 0 Å². The average molecular weight is 253 g/mol. The monoisotopic (exact) mass is 252 g/mol. The van der Waals surface area contributed by atoms with E-state index in [1.165, 1.54) is 6.42 Å². The summed E-state index contributed by atoms with van der Waals surface area (Å²) < 4.78 is 0. The fourth-order valence-electron chi connectivity index (χ4n) is 2.51. The molecule has 2 atom stereocenters. The molecule has 1 aliphatic rings. The molecule has 2 heterocycles. The Morgan fingerprint density at radius 3 is 2.53 bits per heavy atom. The molecule has 0 saturated carbocycles. The smallest absolute Gasteiger partial charge is 0.255 e. The second-order valence-electron chi connectivity index (χ2n) is 5.03. The van der Waals surface area contributed by atoms with E-state index in [-0.39, 0.29) is 5.91 Å². The van der Waals surface area contributed by atoms with Crippen molar-refractivity contribution in [1.29, 1.82) is 0 Å². The average Bonchev–Trinajstić information content (AvgIpc) is 2.28. The van der Waals surface area contributed by atoms with Crippen LogP contribution in [0.2, 0.25) is 5.15 Å². The zero-order valence-electron chi connectivity index (χ0n) is 10.2. The first-order valence-electron chi connectivity index (χ1n) is 5.97. The van der Waals surface area contributed by atoms with Crippen LogP contribution in [0, 0.1) is 11.8 Å². The summed E-state index contributed by atoms with van der Waals surface area (Å²) in [6.07, 6.45) is 2.75. The van der Waals surface area contributed by atoms with Crippen molar-refractivity contribution in [3.63, 3.8) is 0 Å². The predicted octanol–water partition coefficient (Wildman–Crippen LogP) is 2.85. The highest BCUT2D eigenvalue weighted by Gasteiger charge is 2.26. The van der Waals surface area contributed by atoms with Gasteiger partial charge in [0.25, 0.3) is 5.91 Å². The molecular formula is C13H17ClN2O. The van der Waals surface area contributed by atoms with Gasteiger partial charge in [0.2, 0.25) is 0 Å². The number of carbonyl (C=O) groups is 1. The molecule has 1 amide bonds. The van der Waals surface area contributed by atoms with Gasteiger partial charge < -0.3 is 4.90 Å². The Kier molecular flexibility index (Phi) is 3.67. The van der Waals surface area contributed by atoms with Crippen LogP contribution in [0.25, 0.3) is 0 Å². The molecule has 0 N–H and O–H groups in total. The van der Waals surface area contributed by atoms with Crippen molar-refractivity contribution in [2.75, 3.05) is 13.1 Å². The van der Waals surface area contributed by atoms with E-state index < -0.39 is 0 Å². The SMILES string of the molecule is CC1CC(C)CN(C(=O)c2ccc(Cl)nc2)C1. The summed E-state index contributed by atoms with van der Waals surface area (Å²) in [4.78, 5) is 18.1. The highest BCUT2D eigenvalue weighted by molar-refractivity contribution is 6.29. The van der Waals surface area contributed by atoms with Gasteiger partial charge in [0.05, 0.1) is 5.56 Å². The lowest BCUT2D eigenvalue weighted by molar-refractivity contribution is 0.0622. The van der Waals surface area contributed by atoms with Gasteiger partial charge in [-0.2, -0.15) is 0 Å². The van der Waals surface area contributed by atoms with Crippen molar-refractivity contribution in [3.8, 4) is 0 Å². The van der Waals surface area contributed by atoms with Gasteiger partial charge in [0.15, 0.2) is 0 Å². The first-order valence-corrected chi connectivity index (χ1v) is 6.35. The maximum absolute atomic E-state index is 12.2. The molecule has 17 heavy (non-hydrogen) atoms. The van der Waals surface area contributed by atoms with Crippen molar-refractivity contribution < 1.29 is 4.79 Å². The maximum Gasteiger partial charge on any atom is 0.255 e. The number of piperidine rings is 1. The Labute approximate surface area is 107 Å². The number of halogens is 1. The highest BCUT2D eigenvalue weighted by atomic mass is 35.5. The minimum atomic E-state index is 0.0626. The third-order valence-electron chi connectivity index (χ3n) is 3.13. The molecule has 0 radical (unpaired) electrons. The Morgan fingerprint density at radius 1 is 1.35 bits per heavy atom. The standard InChI is InChI=1S/C13H17ClN2O/c1-9-5-10(2)8-16(7-9)13(17)11-3-4-12(14)15-6-11/h3-4,6,9-10H,5,7-8H2,1-2H3. The lowest BCUT2D eigenvalue weighted by Crippen LogP contribution is -2.42. The first kappa shape index (κ1) is 12.4. The molecule has 92 valence electrons. The molecule has 0 aliphatic carbocycles. The van der Waals surface area contributed by atoms with Crippen LogP contribution in [0.5, 0.6) is 0 Å². The van der Waals surface area contributed by atoms with Crippen molar-refractivity contribution in [1.82, 2.24) is 9.88 Å². The third-order valence-corrected chi connectivity index (χ3v) is 3.35. The molecule has 2 unspecified atom stereocenters. The number of carbonyl (C=O) groups excluding carboxylic acids is 1. The molecule has 0 bridgehead atoms. The van der Waals surface area contributed by atoms with Crippen LogP contribution < -0.4 is 0 Å². The third kappa shape index (κ3) is 2.97. The van der Waals surface area contributed by atoms with Crippen molar-refractivity contribution in [3.05, 3.63) is 29.0 Å². The van der Waals surface area contributed by atoms with Gasteiger partial charge in [-0.15, -0.1) is 0 Å². The predicted molar refractivity (Wildman–Crippen MR) is 68.1 cm³/mol. The van der Waals surface area contributed by atoms with Crippen molar-refractivity contribution in [2.45, 2.75) is 20.3 Å². The Bertz CT molecular complexity index is 394. The second kappa shape index (κ2) is 5.05. The van der Waals surface area contributed by atoms with E-state index in [4.69, 9.17) is 11.6 Å². The Balaban J connectivity index is 2.11. The van der Waals surface area contributed by atoms with E-state index in [9.17, 15) is 4.79 Å². The fraction of sp³-hybridized carbons (Fsp3) is 0.538. The minimum absolute atomic E-state index is 0.0626. The van der Waals surface area contributed by atoms with Crippen LogP contribution in [0.1, 0.15) is 30.6 Å².